The molecule has 0 aliphatic heterocycles. The van der Waals surface area contributed by atoms with Crippen molar-refractivity contribution in [2.75, 3.05) is 0 Å². The number of rotatable bonds is 6. The van der Waals surface area contributed by atoms with Crippen LogP contribution in [0.15, 0.2) is 211 Å². The van der Waals surface area contributed by atoms with Gasteiger partial charge in [-0.15, -0.1) is 11.3 Å². The van der Waals surface area contributed by atoms with Crippen LogP contribution in [0, 0.1) is 0 Å². The molecule has 0 aliphatic carbocycles. The summed E-state index contributed by atoms with van der Waals surface area (Å²) in [6.45, 7) is 0. The van der Waals surface area contributed by atoms with Gasteiger partial charge in [-0.2, -0.15) is 0 Å². The third-order valence-corrected chi connectivity index (χ3v) is 13.4. The second-order valence-corrected chi connectivity index (χ2v) is 17.1. The van der Waals surface area contributed by atoms with Gasteiger partial charge < -0.3 is 8.98 Å². The summed E-state index contributed by atoms with van der Waals surface area (Å²) < 4.78 is 11.1. The lowest BCUT2D eigenvalue weighted by Crippen LogP contribution is -2.00. The number of benzene rings is 9. The highest BCUT2D eigenvalue weighted by Crippen LogP contribution is 2.43. The van der Waals surface area contributed by atoms with Crippen LogP contribution < -0.4 is 0 Å². The standard InChI is InChI=1S/C57H34N4OS/c1-4-13-35(14-5-1)55-58-56(36-15-6-2-7-16-36)60-57(59-55)44-20-12-22-53-54(44)47-33-39(26-30-52(47)63-53)37-24-28-48-45(31-37)46-32-38(25-29-49(46)61(48)41-17-8-3-9-18-41)40-23-27-43-42-19-10-11-21-50(42)62-51(43)34-40/h1-34H. The molecule has 0 fully saturated rings. The monoisotopic (exact) mass is 822 g/mol. The van der Waals surface area contributed by atoms with E-state index in [4.69, 9.17) is 19.4 Å². The molecule has 4 aromatic heterocycles. The summed E-state index contributed by atoms with van der Waals surface area (Å²) in [6.07, 6.45) is 0. The fourth-order valence-electron chi connectivity index (χ4n) is 9.26. The molecule has 0 saturated carbocycles. The van der Waals surface area contributed by atoms with Crippen molar-refractivity contribution in [3.63, 3.8) is 0 Å². The lowest BCUT2D eigenvalue weighted by Gasteiger charge is -2.10. The van der Waals surface area contributed by atoms with Crippen molar-refractivity contribution in [3.8, 4) is 62.1 Å². The first-order valence-electron chi connectivity index (χ1n) is 21.1. The average molecular weight is 823 g/mol. The maximum Gasteiger partial charge on any atom is 0.164 e. The molecule has 13 aromatic rings. The molecule has 9 aromatic carbocycles. The molecule has 13 rings (SSSR count). The van der Waals surface area contributed by atoms with Gasteiger partial charge in [0.2, 0.25) is 0 Å². The molecule has 5 nitrogen and oxygen atoms in total. The summed E-state index contributed by atoms with van der Waals surface area (Å²) in [5.41, 5.74) is 12.7. The second-order valence-electron chi connectivity index (χ2n) is 16.0. The zero-order chi connectivity index (χ0) is 41.4. The number of thiophene rings is 1. The van der Waals surface area contributed by atoms with E-state index in [1.165, 1.54) is 25.6 Å². The number of nitrogens with zero attached hydrogens (tertiary/aromatic N) is 4. The predicted molar refractivity (Wildman–Crippen MR) is 262 cm³/mol. The van der Waals surface area contributed by atoms with Crippen LogP contribution in [-0.2, 0) is 0 Å². The van der Waals surface area contributed by atoms with Gasteiger partial charge in [0.05, 0.1) is 11.0 Å². The number of para-hydroxylation sites is 2. The first-order valence-corrected chi connectivity index (χ1v) is 21.9. The molecular weight excluding hydrogens is 789 g/mol. The molecule has 0 unspecified atom stereocenters. The topological polar surface area (TPSA) is 56.7 Å². The number of hydrogen-bond donors (Lipinski definition) is 0. The number of furan rings is 1. The van der Waals surface area contributed by atoms with Crippen LogP contribution in [0.5, 0.6) is 0 Å². The van der Waals surface area contributed by atoms with E-state index >= 15 is 0 Å². The van der Waals surface area contributed by atoms with Gasteiger partial charge in [0, 0.05) is 64.1 Å². The third-order valence-electron chi connectivity index (χ3n) is 12.3. The summed E-state index contributed by atoms with van der Waals surface area (Å²) in [5, 5.41) is 6.99. The van der Waals surface area contributed by atoms with Crippen LogP contribution in [0.1, 0.15) is 0 Å². The summed E-state index contributed by atoms with van der Waals surface area (Å²) in [5.74, 6) is 1.96. The molecule has 0 aliphatic rings. The number of fused-ring (bicyclic) bond motifs is 9. The molecule has 294 valence electrons. The van der Waals surface area contributed by atoms with Crippen LogP contribution in [0.4, 0.5) is 0 Å². The van der Waals surface area contributed by atoms with E-state index in [0.29, 0.717) is 17.5 Å². The highest BCUT2D eigenvalue weighted by atomic mass is 32.1. The minimum atomic E-state index is 0.651. The Kier molecular flexibility index (Phi) is 8.01. The van der Waals surface area contributed by atoms with Crippen LogP contribution in [0.3, 0.4) is 0 Å². The first-order chi connectivity index (χ1) is 31.2. The molecule has 0 atom stereocenters. The van der Waals surface area contributed by atoms with Crippen molar-refractivity contribution in [2.24, 2.45) is 0 Å². The maximum atomic E-state index is 6.32. The molecule has 0 amide bonds. The summed E-state index contributed by atoms with van der Waals surface area (Å²) in [4.78, 5) is 15.2. The summed E-state index contributed by atoms with van der Waals surface area (Å²) >= 11 is 1.80. The quantitative estimate of drug-likeness (QED) is 0.168. The number of aromatic nitrogens is 4. The van der Waals surface area contributed by atoms with E-state index < -0.39 is 0 Å². The van der Waals surface area contributed by atoms with E-state index in [1.54, 1.807) is 11.3 Å². The Balaban J connectivity index is 0.979. The van der Waals surface area contributed by atoms with Crippen LogP contribution in [0.2, 0.25) is 0 Å². The Morgan fingerprint density at radius 2 is 0.889 bits per heavy atom. The SMILES string of the molecule is c1ccc(-c2nc(-c3ccccc3)nc(-c3cccc4sc5ccc(-c6ccc7c(c6)c6cc(-c8ccc9c(c8)oc8ccccc89)ccc6n7-c6ccccc6)cc5c34)n2)cc1. The van der Waals surface area contributed by atoms with Crippen molar-refractivity contribution in [1.29, 1.82) is 0 Å². The lowest BCUT2D eigenvalue weighted by atomic mass is 9.98. The highest BCUT2D eigenvalue weighted by molar-refractivity contribution is 7.26. The van der Waals surface area contributed by atoms with Crippen LogP contribution >= 0.6 is 11.3 Å². The molecular formula is C57H34N4OS. The minimum Gasteiger partial charge on any atom is -0.456 e. The van der Waals surface area contributed by atoms with Gasteiger partial charge in [0.1, 0.15) is 11.2 Å². The van der Waals surface area contributed by atoms with Gasteiger partial charge in [-0.1, -0.05) is 133 Å². The van der Waals surface area contributed by atoms with Gasteiger partial charge in [0.15, 0.2) is 17.5 Å². The van der Waals surface area contributed by atoms with E-state index in [2.05, 4.69) is 162 Å². The van der Waals surface area contributed by atoms with Crippen molar-refractivity contribution in [3.05, 3.63) is 206 Å². The zero-order valence-electron chi connectivity index (χ0n) is 33.7. The van der Waals surface area contributed by atoms with Crippen molar-refractivity contribution >= 4 is 75.3 Å². The predicted octanol–water partition coefficient (Wildman–Crippen LogP) is 15.6. The van der Waals surface area contributed by atoms with E-state index in [9.17, 15) is 0 Å². The normalized spacial score (nSPS) is 11.8. The molecule has 4 heterocycles. The summed E-state index contributed by atoms with van der Waals surface area (Å²) in [6, 6.07) is 72.9. The molecule has 0 N–H and O–H groups in total. The van der Waals surface area contributed by atoms with Gasteiger partial charge in [0.25, 0.3) is 0 Å². The Bertz CT molecular complexity index is 3850. The van der Waals surface area contributed by atoms with E-state index in [1.807, 2.05) is 48.5 Å². The Labute approximate surface area is 365 Å². The van der Waals surface area contributed by atoms with E-state index in [-0.39, 0.29) is 0 Å². The van der Waals surface area contributed by atoms with Gasteiger partial charge in [-0.25, -0.2) is 15.0 Å². The van der Waals surface area contributed by atoms with Gasteiger partial charge in [-0.3, -0.25) is 0 Å². The molecule has 63 heavy (non-hydrogen) atoms. The maximum absolute atomic E-state index is 6.32. The fourth-order valence-corrected chi connectivity index (χ4v) is 10.4. The van der Waals surface area contributed by atoms with Crippen molar-refractivity contribution in [1.82, 2.24) is 19.5 Å². The first kappa shape index (κ1) is 35.6. The van der Waals surface area contributed by atoms with Crippen LogP contribution in [-0.4, -0.2) is 19.5 Å². The molecule has 0 spiro atoms. The van der Waals surface area contributed by atoms with Gasteiger partial charge >= 0.3 is 0 Å². The van der Waals surface area contributed by atoms with Crippen molar-refractivity contribution in [2.45, 2.75) is 0 Å². The fraction of sp³-hybridized carbons (Fsp3) is 0. The molecule has 0 bridgehead atoms. The Morgan fingerprint density at radius 1 is 0.349 bits per heavy atom. The Hall–Kier alpha value is -8.19. The van der Waals surface area contributed by atoms with E-state index in [0.717, 1.165) is 83.0 Å². The smallest absolute Gasteiger partial charge is 0.164 e. The highest BCUT2D eigenvalue weighted by Gasteiger charge is 2.19. The third kappa shape index (κ3) is 5.87. The minimum absolute atomic E-state index is 0.651. The summed E-state index contributed by atoms with van der Waals surface area (Å²) in [7, 11) is 0. The molecule has 0 saturated heterocycles. The second kappa shape index (κ2) is 14.2. The number of hydrogen-bond acceptors (Lipinski definition) is 5. The van der Waals surface area contributed by atoms with Crippen molar-refractivity contribution < 1.29 is 4.42 Å². The molecule has 6 heteroatoms. The lowest BCUT2D eigenvalue weighted by molar-refractivity contribution is 0.669. The average Bonchev–Trinajstić information content (AvgIpc) is 4.03. The molecule has 0 radical (unpaired) electrons. The zero-order valence-corrected chi connectivity index (χ0v) is 34.6. The largest absolute Gasteiger partial charge is 0.456 e. The van der Waals surface area contributed by atoms with Crippen LogP contribution in [0.25, 0.3) is 126 Å². The Morgan fingerprint density at radius 3 is 1.57 bits per heavy atom. The van der Waals surface area contributed by atoms with Gasteiger partial charge in [-0.05, 0) is 95.1 Å².